The van der Waals surface area contributed by atoms with Gasteiger partial charge in [-0.2, -0.15) is 0 Å². The first-order valence-corrected chi connectivity index (χ1v) is 11.9. The van der Waals surface area contributed by atoms with Crippen molar-refractivity contribution in [2.45, 2.75) is 51.0 Å². The summed E-state index contributed by atoms with van der Waals surface area (Å²) in [4.78, 5) is 0. The molecule has 0 aromatic heterocycles. The number of nitrogens with zero attached hydrogens (tertiary/aromatic N) is 1. The first kappa shape index (κ1) is 22.4. The van der Waals surface area contributed by atoms with Gasteiger partial charge in [-0.3, -0.25) is 10.4 Å². The van der Waals surface area contributed by atoms with Crippen molar-refractivity contribution in [2.75, 3.05) is 13.1 Å². The van der Waals surface area contributed by atoms with E-state index in [1.54, 1.807) is 0 Å². The van der Waals surface area contributed by atoms with E-state index >= 15 is 0 Å². The van der Waals surface area contributed by atoms with Crippen molar-refractivity contribution in [2.24, 2.45) is 17.4 Å². The molecule has 0 amide bonds. The molecule has 0 aromatic rings. The summed E-state index contributed by atoms with van der Waals surface area (Å²) in [7, 11) is 0. The first-order valence-electron chi connectivity index (χ1n) is 11.9. The lowest BCUT2D eigenvalue weighted by molar-refractivity contribution is 0.181. The van der Waals surface area contributed by atoms with Gasteiger partial charge in [0.1, 0.15) is 0 Å². The van der Waals surface area contributed by atoms with Gasteiger partial charge in [-0.05, 0) is 86.8 Å². The van der Waals surface area contributed by atoms with Gasteiger partial charge in [-0.25, -0.2) is 0 Å². The molecule has 1 unspecified atom stereocenters. The van der Waals surface area contributed by atoms with Crippen molar-refractivity contribution in [3.63, 3.8) is 0 Å². The molecule has 0 aromatic carbocycles. The number of allylic oxidation sites excluding steroid dienone is 10. The molecular weight excluding hydrogens is 394 g/mol. The highest BCUT2D eigenvalue weighted by atomic mass is 15.5. The summed E-state index contributed by atoms with van der Waals surface area (Å²) in [6.45, 7) is 3.27. The van der Waals surface area contributed by atoms with E-state index in [1.165, 1.54) is 12.0 Å². The van der Waals surface area contributed by atoms with Crippen LogP contribution in [0.5, 0.6) is 0 Å². The topological polar surface area (TPSA) is 79.3 Å². The third-order valence-corrected chi connectivity index (χ3v) is 6.84. The molecule has 32 heavy (non-hydrogen) atoms. The van der Waals surface area contributed by atoms with E-state index in [9.17, 15) is 0 Å². The van der Waals surface area contributed by atoms with Crippen LogP contribution in [-0.2, 0) is 0 Å². The second-order valence-electron chi connectivity index (χ2n) is 9.22. The lowest BCUT2D eigenvalue weighted by atomic mass is 9.67. The summed E-state index contributed by atoms with van der Waals surface area (Å²) in [5.41, 5.74) is 22.1. The fraction of sp³-hybridized carbons (Fsp3) is 0.407. The molecule has 1 atom stereocenters. The van der Waals surface area contributed by atoms with Crippen molar-refractivity contribution in [1.82, 2.24) is 15.8 Å². The molecule has 4 rings (SSSR count). The van der Waals surface area contributed by atoms with E-state index in [-0.39, 0.29) is 5.54 Å². The lowest BCUT2D eigenvalue weighted by Gasteiger charge is -2.44. The van der Waals surface area contributed by atoms with Gasteiger partial charge in [0, 0.05) is 24.0 Å². The van der Waals surface area contributed by atoms with Crippen LogP contribution in [0, 0.1) is 5.92 Å². The number of hydrazine groups is 1. The second kappa shape index (κ2) is 10.2. The molecule has 0 saturated heterocycles. The zero-order valence-electron chi connectivity index (χ0n) is 19.2. The summed E-state index contributed by atoms with van der Waals surface area (Å²) in [6, 6.07) is 0. The molecule has 1 heterocycles. The number of nitrogens with one attached hydrogen (secondary N) is 2. The van der Waals surface area contributed by atoms with Crippen LogP contribution >= 0.6 is 0 Å². The van der Waals surface area contributed by atoms with Gasteiger partial charge < -0.3 is 16.8 Å². The predicted octanol–water partition coefficient (Wildman–Crippen LogP) is 4.20. The van der Waals surface area contributed by atoms with Gasteiger partial charge in [0.15, 0.2) is 0 Å². The molecule has 4 aliphatic rings. The van der Waals surface area contributed by atoms with Gasteiger partial charge in [0.05, 0.1) is 17.9 Å². The highest BCUT2D eigenvalue weighted by Crippen LogP contribution is 2.40. The minimum Gasteiger partial charge on any atom is -0.365 e. The highest BCUT2D eigenvalue weighted by molar-refractivity contribution is 5.43. The Bertz CT molecular complexity index is 937. The predicted molar refractivity (Wildman–Crippen MR) is 134 cm³/mol. The van der Waals surface area contributed by atoms with E-state index < -0.39 is 0 Å². The molecule has 170 valence electrons. The molecular formula is C27H37N5. The van der Waals surface area contributed by atoms with Crippen LogP contribution in [0.3, 0.4) is 0 Å². The van der Waals surface area contributed by atoms with Crippen LogP contribution in [-0.4, -0.2) is 23.6 Å². The third-order valence-electron chi connectivity index (χ3n) is 6.84. The van der Waals surface area contributed by atoms with Crippen LogP contribution in [0.1, 0.15) is 45.4 Å². The third kappa shape index (κ3) is 5.34. The Morgan fingerprint density at radius 1 is 1.12 bits per heavy atom. The molecule has 5 nitrogen and oxygen atoms in total. The number of rotatable bonds is 4. The molecule has 5 heteroatoms. The van der Waals surface area contributed by atoms with E-state index in [2.05, 4.69) is 77.4 Å². The van der Waals surface area contributed by atoms with Crippen molar-refractivity contribution < 1.29 is 0 Å². The number of nitrogens with two attached hydrogens (primary N) is 2. The zero-order valence-corrected chi connectivity index (χ0v) is 19.2. The van der Waals surface area contributed by atoms with Crippen LogP contribution < -0.4 is 22.2 Å². The maximum Gasteiger partial charge on any atom is 0.0619 e. The summed E-state index contributed by atoms with van der Waals surface area (Å²) in [6.07, 6.45) is 30.6. The minimum absolute atomic E-state index is 0.0149. The Morgan fingerprint density at radius 2 is 2.00 bits per heavy atom. The monoisotopic (exact) mass is 431 g/mol. The lowest BCUT2D eigenvalue weighted by Crippen LogP contribution is -2.52. The maximum absolute atomic E-state index is 6.61. The summed E-state index contributed by atoms with van der Waals surface area (Å²) in [5, 5.41) is 5.53. The molecule has 3 aliphatic carbocycles. The number of hydrogen-bond donors (Lipinski definition) is 4. The first-order chi connectivity index (χ1) is 15.6. The fourth-order valence-corrected chi connectivity index (χ4v) is 4.55. The Morgan fingerprint density at radius 3 is 2.66 bits per heavy atom. The molecule has 1 saturated carbocycles. The molecule has 0 radical (unpaired) electrons. The normalized spacial score (nSPS) is 31.4. The Kier molecular flexibility index (Phi) is 7.18. The standard InChI is InChI=1S/C27H37N5/c1-21-10-15-26(23-8-3-2-4-9-23)31-32(20-22(19-28)7-5-18-30-21)25-13-11-24(12-14-25)27(29)16-6-17-27/h3,5,7-11,13-15,18,24,30-31H,2,4,6,12,16-17,19-20,28-29H2,1H3/b18-5-,21-10+,22-7+,26-15-. The maximum atomic E-state index is 6.61. The van der Waals surface area contributed by atoms with Crippen LogP contribution in [0.4, 0.5) is 0 Å². The summed E-state index contributed by atoms with van der Waals surface area (Å²) in [5.74, 6) is 0.426. The van der Waals surface area contributed by atoms with Crippen LogP contribution in [0.2, 0.25) is 0 Å². The molecule has 6 N–H and O–H groups in total. The van der Waals surface area contributed by atoms with Crippen molar-refractivity contribution >= 4 is 0 Å². The van der Waals surface area contributed by atoms with E-state index in [1.807, 2.05) is 12.3 Å². The van der Waals surface area contributed by atoms with Crippen molar-refractivity contribution in [1.29, 1.82) is 0 Å². The van der Waals surface area contributed by atoms with Crippen LogP contribution in [0.15, 0.2) is 95.2 Å². The van der Waals surface area contributed by atoms with Gasteiger partial charge in [-0.1, -0.05) is 36.5 Å². The minimum atomic E-state index is -0.0149. The summed E-state index contributed by atoms with van der Waals surface area (Å²) < 4.78 is 0. The van der Waals surface area contributed by atoms with Crippen molar-refractivity contribution in [3.05, 3.63) is 95.2 Å². The van der Waals surface area contributed by atoms with Gasteiger partial charge >= 0.3 is 0 Å². The van der Waals surface area contributed by atoms with Crippen molar-refractivity contribution in [3.8, 4) is 0 Å². The average Bonchev–Trinajstić information content (AvgIpc) is 2.80. The highest BCUT2D eigenvalue weighted by Gasteiger charge is 2.39. The molecule has 0 spiro atoms. The van der Waals surface area contributed by atoms with Gasteiger partial charge in [0.25, 0.3) is 0 Å². The van der Waals surface area contributed by atoms with E-state index in [0.29, 0.717) is 19.0 Å². The molecule has 1 aliphatic heterocycles. The zero-order chi connectivity index (χ0) is 22.4. The summed E-state index contributed by atoms with van der Waals surface area (Å²) >= 11 is 0. The Hall–Kier alpha value is -2.76. The average molecular weight is 432 g/mol. The number of hydrogen-bond acceptors (Lipinski definition) is 5. The Balaban J connectivity index is 1.63. The van der Waals surface area contributed by atoms with Gasteiger partial charge in [0.2, 0.25) is 0 Å². The molecule has 0 bridgehead atoms. The fourth-order valence-electron chi connectivity index (χ4n) is 4.55. The smallest absolute Gasteiger partial charge is 0.0619 e. The largest absolute Gasteiger partial charge is 0.365 e. The Labute approximate surface area is 192 Å². The quantitative estimate of drug-likeness (QED) is 0.537. The van der Waals surface area contributed by atoms with E-state index in [0.717, 1.165) is 54.8 Å². The van der Waals surface area contributed by atoms with Crippen LogP contribution in [0.25, 0.3) is 0 Å². The second-order valence-corrected chi connectivity index (χ2v) is 9.22. The van der Waals surface area contributed by atoms with Gasteiger partial charge in [-0.15, -0.1) is 0 Å². The van der Waals surface area contributed by atoms with E-state index in [4.69, 9.17) is 11.5 Å². The SMILES string of the molecule is C/C1=C\C=C(\C2=CCCC=C2)NN(C2=CCC(C3(N)CCC3)C=C2)C/C(CN)=C/C=C\N1. The molecule has 1 fully saturated rings.